The summed E-state index contributed by atoms with van der Waals surface area (Å²) in [6.07, 6.45) is 0. The Morgan fingerprint density at radius 2 is 0.975 bits per heavy atom. The largest absolute Gasteiger partial charge is 0.289 e. The van der Waals surface area contributed by atoms with Crippen molar-refractivity contribution in [1.82, 2.24) is 14.8 Å². The van der Waals surface area contributed by atoms with Crippen molar-refractivity contribution >= 4 is 23.5 Å². The standard InChI is InChI=1S/C33H37N5O2/c1-22(2)32(5)30(39)37(20-24-14-9-7-10-15-24)28(35-32)26-18-13-19-27(34-26)29-36-33(6,23(3)4)31(40)38(29)21-25-16-11-8-12-17-25/h7-19,22-23H,20-21H2,1-6H3/t32-,33+. The molecule has 40 heavy (non-hydrogen) atoms. The number of aliphatic imine (C=N–C) groups is 2. The first-order chi connectivity index (χ1) is 19.0. The van der Waals surface area contributed by atoms with Crippen LogP contribution in [0.3, 0.4) is 0 Å². The molecule has 2 aromatic carbocycles. The Hall–Kier alpha value is -4.13. The van der Waals surface area contributed by atoms with Crippen LogP contribution in [0.4, 0.5) is 0 Å². The van der Waals surface area contributed by atoms with Crippen molar-refractivity contribution in [3.8, 4) is 0 Å². The summed E-state index contributed by atoms with van der Waals surface area (Å²) in [5.41, 5.74) is 1.41. The number of hydrogen-bond acceptors (Lipinski definition) is 5. The second kappa shape index (κ2) is 10.5. The molecule has 0 saturated carbocycles. The third-order valence-electron chi connectivity index (χ3n) is 8.37. The minimum atomic E-state index is -0.891. The Bertz CT molecular complexity index is 1370. The summed E-state index contributed by atoms with van der Waals surface area (Å²) in [4.78, 5) is 46.0. The molecular weight excluding hydrogens is 498 g/mol. The van der Waals surface area contributed by atoms with Crippen molar-refractivity contribution in [2.45, 2.75) is 65.7 Å². The molecule has 7 nitrogen and oxygen atoms in total. The van der Waals surface area contributed by atoms with E-state index in [0.29, 0.717) is 36.1 Å². The van der Waals surface area contributed by atoms with E-state index in [-0.39, 0.29) is 23.7 Å². The summed E-state index contributed by atoms with van der Waals surface area (Å²) in [6.45, 7) is 12.7. The number of carbonyl (C=O) groups is 2. The number of pyridine rings is 1. The quantitative estimate of drug-likeness (QED) is 0.383. The highest BCUT2D eigenvalue weighted by atomic mass is 16.2. The average molecular weight is 536 g/mol. The number of amides is 2. The van der Waals surface area contributed by atoms with Crippen LogP contribution in [-0.4, -0.2) is 49.3 Å². The highest BCUT2D eigenvalue weighted by Gasteiger charge is 2.49. The van der Waals surface area contributed by atoms with Crippen molar-refractivity contribution in [2.24, 2.45) is 21.8 Å². The number of amidine groups is 2. The summed E-state index contributed by atoms with van der Waals surface area (Å²) in [7, 11) is 0. The molecule has 206 valence electrons. The predicted octanol–water partition coefficient (Wildman–Crippen LogP) is 5.49. The summed E-state index contributed by atoms with van der Waals surface area (Å²) in [5, 5.41) is 0. The molecule has 7 heteroatoms. The van der Waals surface area contributed by atoms with Gasteiger partial charge >= 0.3 is 0 Å². The van der Waals surface area contributed by atoms with E-state index in [1.165, 1.54) is 0 Å². The van der Waals surface area contributed by atoms with E-state index in [1.54, 1.807) is 9.80 Å². The van der Waals surface area contributed by atoms with Crippen molar-refractivity contribution in [3.05, 3.63) is 101 Å². The number of benzene rings is 2. The smallest absolute Gasteiger partial charge is 0.256 e. The zero-order chi connectivity index (χ0) is 28.7. The maximum absolute atomic E-state index is 13.8. The van der Waals surface area contributed by atoms with Gasteiger partial charge in [-0.1, -0.05) is 94.4 Å². The molecule has 0 fully saturated rings. The maximum Gasteiger partial charge on any atom is 0.256 e. The van der Waals surface area contributed by atoms with Gasteiger partial charge in [0.2, 0.25) is 0 Å². The van der Waals surface area contributed by atoms with Crippen LogP contribution < -0.4 is 0 Å². The average Bonchev–Trinajstić information content (AvgIpc) is 3.37. The van der Waals surface area contributed by atoms with Gasteiger partial charge in [-0.3, -0.25) is 19.4 Å². The predicted molar refractivity (Wildman–Crippen MR) is 158 cm³/mol. The van der Waals surface area contributed by atoms with Gasteiger partial charge in [-0.25, -0.2) is 15.0 Å². The van der Waals surface area contributed by atoms with Crippen LogP contribution in [0, 0.1) is 11.8 Å². The second-order valence-corrected chi connectivity index (χ2v) is 11.6. The van der Waals surface area contributed by atoms with Crippen LogP contribution in [0.5, 0.6) is 0 Å². The van der Waals surface area contributed by atoms with Crippen LogP contribution in [0.15, 0.2) is 88.8 Å². The molecule has 2 atom stereocenters. The molecule has 0 aliphatic carbocycles. The zero-order valence-electron chi connectivity index (χ0n) is 24.1. The Labute approximate surface area is 236 Å². The molecule has 2 aliphatic rings. The molecule has 3 aromatic rings. The van der Waals surface area contributed by atoms with Crippen LogP contribution in [0.2, 0.25) is 0 Å². The summed E-state index contributed by atoms with van der Waals surface area (Å²) < 4.78 is 0. The van der Waals surface area contributed by atoms with Crippen molar-refractivity contribution in [2.75, 3.05) is 0 Å². The van der Waals surface area contributed by atoms with E-state index in [4.69, 9.17) is 15.0 Å². The normalized spacial score (nSPS) is 22.9. The molecule has 0 saturated heterocycles. The van der Waals surface area contributed by atoms with Crippen LogP contribution in [0.1, 0.15) is 64.1 Å². The molecule has 0 bridgehead atoms. The number of carbonyl (C=O) groups excluding carboxylic acids is 2. The zero-order valence-corrected chi connectivity index (χ0v) is 24.1. The molecule has 3 heterocycles. The molecule has 0 N–H and O–H groups in total. The van der Waals surface area contributed by atoms with Crippen molar-refractivity contribution in [3.63, 3.8) is 0 Å². The molecule has 2 amide bonds. The number of nitrogens with zero attached hydrogens (tertiary/aromatic N) is 5. The first kappa shape index (κ1) is 27.4. The van der Waals surface area contributed by atoms with Gasteiger partial charge in [0, 0.05) is 0 Å². The van der Waals surface area contributed by atoms with Gasteiger partial charge in [-0.05, 0) is 48.9 Å². The van der Waals surface area contributed by atoms with Crippen LogP contribution >= 0.6 is 0 Å². The lowest BCUT2D eigenvalue weighted by atomic mass is 9.89. The molecule has 2 aliphatic heterocycles. The Morgan fingerprint density at radius 3 is 1.32 bits per heavy atom. The van der Waals surface area contributed by atoms with Gasteiger partial charge in [0.1, 0.15) is 22.5 Å². The minimum absolute atomic E-state index is 0.00361. The lowest BCUT2D eigenvalue weighted by Gasteiger charge is -2.26. The number of aromatic nitrogens is 1. The molecule has 0 unspecified atom stereocenters. The Morgan fingerprint density at radius 1 is 0.600 bits per heavy atom. The maximum atomic E-state index is 13.8. The van der Waals surface area contributed by atoms with Crippen LogP contribution in [0.25, 0.3) is 0 Å². The van der Waals surface area contributed by atoms with Gasteiger partial charge in [-0.2, -0.15) is 0 Å². The van der Waals surface area contributed by atoms with Gasteiger partial charge in [0.25, 0.3) is 11.8 Å². The monoisotopic (exact) mass is 535 g/mol. The molecule has 0 spiro atoms. The van der Waals surface area contributed by atoms with Crippen molar-refractivity contribution < 1.29 is 9.59 Å². The third-order valence-corrected chi connectivity index (χ3v) is 8.37. The minimum Gasteiger partial charge on any atom is -0.289 e. The third kappa shape index (κ3) is 4.74. The topological polar surface area (TPSA) is 78.2 Å². The van der Waals surface area contributed by atoms with E-state index in [0.717, 1.165) is 11.1 Å². The first-order valence-electron chi connectivity index (χ1n) is 13.9. The second-order valence-electron chi connectivity index (χ2n) is 11.6. The summed E-state index contributed by atoms with van der Waals surface area (Å²) in [5.74, 6) is 1.00. The van der Waals surface area contributed by atoms with E-state index >= 15 is 0 Å². The van der Waals surface area contributed by atoms with Gasteiger partial charge in [0.15, 0.2) is 11.7 Å². The number of rotatable bonds is 8. The van der Waals surface area contributed by atoms with Gasteiger partial charge in [-0.15, -0.1) is 0 Å². The lowest BCUT2D eigenvalue weighted by Crippen LogP contribution is -2.44. The molecular formula is C33H37N5O2. The summed E-state index contributed by atoms with van der Waals surface area (Å²) >= 11 is 0. The molecule has 0 radical (unpaired) electrons. The van der Waals surface area contributed by atoms with E-state index in [2.05, 4.69) is 0 Å². The fourth-order valence-corrected chi connectivity index (χ4v) is 5.05. The molecule has 1 aromatic heterocycles. The summed E-state index contributed by atoms with van der Waals surface area (Å²) in [6, 6.07) is 25.5. The fraction of sp³-hybridized carbons (Fsp3) is 0.364. The first-order valence-corrected chi connectivity index (χ1v) is 13.9. The van der Waals surface area contributed by atoms with Gasteiger partial charge in [0.05, 0.1) is 13.1 Å². The van der Waals surface area contributed by atoms with Gasteiger partial charge < -0.3 is 0 Å². The highest BCUT2D eigenvalue weighted by molar-refractivity contribution is 6.16. The van der Waals surface area contributed by atoms with E-state index in [1.807, 2.05) is 120 Å². The Kier molecular flexibility index (Phi) is 7.17. The number of hydrogen-bond donors (Lipinski definition) is 0. The Balaban J connectivity index is 1.57. The molecule has 5 rings (SSSR count). The fourth-order valence-electron chi connectivity index (χ4n) is 5.05. The lowest BCUT2D eigenvalue weighted by molar-refractivity contribution is -0.133. The highest BCUT2D eigenvalue weighted by Crippen LogP contribution is 2.35. The van der Waals surface area contributed by atoms with Crippen LogP contribution in [-0.2, 0) is 22.7 Å². The van der Waals surface area contributed by atoms with E-state index < -0.39 is 11.1 Å². The SMILES string of the molecule is CC(C)[C@@]1(C)N=C(c2cccc(C3=N[C@@](C)(C(C)C)C(=O)N3Cc3ccccc3)n2)N(Cc2ccccc2)C1=O. The van der Waals surface area contributed by atoms with E-state index in [9.17, 15) is 9.59 Å². The van der Waals surface area contributed by atoms with Crippen molar-refractivity contribution in [1.29, 1.82) is 0 Å².